The molecule has 0 atom stereocenters. The highest BCUT2D eigenvalue weighted by Gasteiger charge is 2.27. The minimum absolute atomic E-state index is 0.485. The van der Waals surface area contributed by atoms with Gasteiger partial charge >= 0.3 is 5.97 Å². The maximum Gasteiger partial charge on any atom is 0.321 e. The van der Waals surface area contributed by atoms with Crippen LogP contribution in [0.3, 0.4) is 0 Å². The van der Waals surface area contributed by atoms with Gasteiger partial charge in [0, 0.05) is 7.05 Å². The zero-order valence-electron chi connectivity index (χ0n) is 10.3. The standard InChI is InChI=1S/C11H11FN2O4S/c1-14(7-11(15)18-2)19(16,17)10-5-3-4-9(12)8(10)6-13/h3-5H,7H2,1-2H3. The second-order valence-electron chi connectivity index (χ2n) is 3.56. The van der Waals surface area contributed by atoms with E-state index in [1.807, 2.05) is 0 Å². The molecule has 0 spiro atoms. The number of rotatable bonds is 4. The average molecular weight is 286 g/mol. The number of sulfonamides is 1. The highest BCUT2D eigenvalue weighted by atomic mass is 32.2. The van der Waals surface area contributed by atoms with Gasteiger partial charge in [0.1, 0.15) is 28.9 Å². The van der Waals surface area contributed by atoms with Crippen LogP contribution in [0.5, 0.6) is 0 Å². The fraction of sp³-hybridized carbons (Fsp3) is 0.273. The largest absolute Gasteiger partial charge is 0.468 e. The zero-order chi connectivity index (χ0) is 14.6. The molecule has 0 saturated carbocycles. The molecule has 1 aromatic rings. The number of methoxy groups -OCH3 is 1. The van der Waals surface area contributed by atoms with Crippen molar-refractivity contribution < 1.29 is 22.3 Å². The van der Waals surface area contributed by atoms with Gasteiger partial charge in [0.05, 0.1) is 7.11 Å². The van der Waals surface area contributed by atoms with Crippen LogP contribution >= 0.6 is 0 Å². The molecule has 19 heavy (non-hydrogen) atoms. The molecule has 0 aliphatic heterocycles. The highest BCUT2D eigenvalue weighted by Crippen LogP contribution is 2.21. The number of halogens is 1. The van der Waals surface area contributed by atoms with Crippen LogP contribution in [0.15, 0.2) is 23.1 Å². The number of benzene rings is 1. The third-order valence-electron chi connectivity index (χ3n) is 2.35. The molecular formula is C11H11FN2O4S. The molecule has 0 radical (unpaired) electrons. The quantitative estimate of drug-likeness (QED) is 0.752. The van der Waals surface area contributed by atoms with Gasteiger partial charge in [-0.05, 0) is 12.1 Å². The molecule has 0 unspecified atom stereocenters. The number of nitriles is 1. The minimum atomic E-state index is -4.14. The molecule has 0 saturated heterocycles. The van der Waals surface area contributed by atoms with Crippen molar-refractivity contribution >= 4 is 16.0 Å². The van der Waals surface area contributed by atoms with Crippen molar-refractivity contribution in [3.05, 3.63) is 29.6 Å². The second kappa shape index (κ2) is 5.77. The van der Waals surface area contributed by atoms with Crippen molar-refractivity contribution in [2.45, 2.75) is 4.90 Å². The van der Waals surface area contributed by atoms with Gasteiger partial charge in [0.15, 0.2) is 0 Å². The van der Waals surface area contributed by atoms with Crippen molar-refractivity contribution in [3.63, 3.8) is 0 Å². The summed E-state index contributed by atoms with van der Waals surface area (Å²) in [5.74, 6) is -1.70. The molecule has 102 valence electrons. The van der Waals surface area contributed by atoms with E-state index in [1.165, 1.54) is 12.1 Å². The van der Waals surface area contributed by atoms with Gasteiger partial charge in [-0.3, -0.25) is 4.79 Å². The number of esters is 1. The van der Waals surface area contributed by atoms with E-state index in [-0.39, 0.29) is 0 Å². The maximum absolute atomic E-state index is 13.4. The topological polar surface area (TPSA) is 87.5 Å². The van der Waals surface area contributed by atoms with Crippen molar-refractivity contribution in [1.29, 1.82) is 5.26 Å². The summed E-state index contributed by atoms with van der Waals surface area (Å²) >= 11 is 0. The van der Waals surface area contributed by atoms with Gasteiger partial charge in [0.2, 0.25) is 10.0 Å². The molecule has 0 heterocycles. The third kappa shape index (κ3) is 3.07. The summed E-state index contributed by atoms with van der Waals surface area (Å²) in [5.41, 5.74) is -0.584. The monoisotopic (exact) mass is 286 g/mol. The van der Waals surface area contributed by atoms with E-state index in [0.29, 0.717) is 4.31 Å². The molecule has 0 bridgehead atoms. The van der Waals surface area contributed by atoms with Crippen LogP contribution in [-0.4, -0.2) is 39.4 Å². The molecule has 0 aromatic heterocycles. The van der Waals surface area contributed by atoms with Gasteiger partial charge in [-0.2, -0.15) is 9.57 Å². The fourth-order valence-corrected chi connectivity index (χ4v) is 2.59. The molecule has 0 N–H and O–H groups in total. The van der Waals surface area contributed by atoms with Gasteiger partial charge in [-0.1, -0.05) is 6.07 Å². The summed E-state index contributed by atoms with van der Waals surface area (Å²) in [4.78, 5) is 10.6. The van der Waals surface area contributed by atoms with Gasteiger partial charge < -0.3 is 4.74 Å². The summed E-state index contributed by atoms with van der Waals surface area (Å²) in [6.45, 7) is -0.528. The van der Waals surface area contributed by atoms with Crippen molar-refractivity contribution in [2.75, 3.05) is 20.7 Å². The normalized spacial score (nSPS) is 11.1. The first-order chi connectivity index (χ1) is 8.84. The predicted octanol–water partition coefficient (Wildman–Crippen LogP) is 0.491. The number of carbonyl (C=O) groups excluding carboxylic acids is 1. The molecule has 1 rings (SSSR count). The average Bonchev–Trinajstić information content (AvgIpc) is 2.37. The van der Waals surface area contributed by atoms with Gasteiger partial charge in [-0.25, -0.2) is 12.8 Å². The molecule has 0 amide bonds. The Kier molecular flexibility index (Phi) is 4.58. The van der Waals surface area contributed by atoms with Crippen LogP contribution in [0.25, 0.3) is 0 Å². The van der Waals surface area contributed by atoms with Crippen LogP contribution in [0, 0.1) is 17.1 Å². The van der Waals surface area contributed by atoms with E-state index in [1.54, 1.807) is 0 Å². The molecule has 0 fully saturated rings. The lowest BCUT2D eigenvalue weighted by molar-refractivity contribution is -0.140. The Hall–Kier alpha value is -1.98. The number of likely N-dealkylation sites (N-methyl/N-ethyl adjacent to an activating group) is 1. The summed E-state index contributed by atoms with van der Waals surface area (Å²) in [7, 11) is -1.89. The Morgan fingerprint density at radius 2 is 2.16 bits per heavy atom. The maximum atomic E-state index is 13.4. The lowest BCUT2D eigenvalue weighted by Crippen LogP contribution is -2.33. The van der Waals surface area contributed by atoms with Gasteiger partial charge in [0.25, 0.3) is 0 Å². The highest BCUT2D eigenvalue weighted by molar-refractivity contribution is 7.89. The SMILES string of the molecule is COC(=O)CN(C)S(=O)(=O)c1cccc(F)c1C#N. The Balaban J connectivity index is 3.25. The molecule has 0 aliphatic carbocycles. The fourth-order valence-electron chi connectivity index (χ4n) is 1.33. The van der Waals surface area contributed by atoms with Crippen LogP contribution in [0.4, 0.5) is 4.39 Å². The molecular weight excluding hydrogens is 275 g/mol. The van der Waals surface area contributed by atoms with E-state index in [9.17, 15) is 17.6 Å². The summed E-state index contributed by atoms with van der Waals surface area (Å²) in [6, 6.07) is 4.76. The van der Waals surface area contributed by atoms with Crippen LogP contribution in [-0.2, 0) is 19.6 Å². The van der Waals surface area contributed by atoms with Crippen molar-refractivity contribution in [1.82, 2.24) is 4.31 Å². The Labute approximate surface area is 110 Å². The van der Waals surface area contributed by atoms with Crippen LogP contribution in [0.1, 0.15) is 5.56 Å². The third-order valence-corrected chi connectivity index (χ3v) is 4.20. The van der Waals surface area contributed by atoms with E-state index in [2.05, 4.69) is 4.74 Å². The summed E-state index contributed by atoms with van der Waals surface area (Å²) in [6.07, 6.45) is 0. The smallest absolute Gasteiger partial charge is 0.321 e. The lowest BCUT2D eigenvalue weighted by atomic mass is 10.2. The van der Waals surface area contributed by atoms with Crippen LogP contribution in [0.2, 0.25) is 0 Å². The van der Waals surface area contributed by atoms with E-state index in [0.717, 1.165) is 26.3 Å². The van der Waals surface area contributed by atoms with E-state index < -0.39 is 38.8 Å². The predicted molar refractivity (Wildman–Crippen MR) is 62.9 cm³/mol. The first-order valence-corrected chi connectivity index (χ1v) is 6.50. The second-order valence-corrected chi connectivity index (χ2v) is 5.58. The summed E-state index contributed by atoms with van der Waals surface area (Å²) < 4.78 is 42.6. The minimum Gasteiger partial charge on any atom is -0.468 e. The number of hydrogen-bond donors (Lipinski definition) is 0. The molecule has 0 aliphatic rings. The van der Waals surface area contributed by atoms with Crippen molar-refractivity contribution in [2.24, 2.45) is 0 Å². The zero-order valence-corrected chi connectivity index (χ0v) is 11.1. The summed E-state index contributed by atoms with van der Waals surface area (Å²) in [5, 5.41) is 8.81. The number of ether oxygens (including phenoxy) is 1. The number of nitrogens with zero attached hydrogens (tertiary/aromatic N) is 2. The Morgan fingerprint density at radius 3 is 2.68 bits per heavy atom. The van der Waals surface area contributed by atoms with Gasteiger partial charge in [-0.15, -0.1) is 0 Å². The Bertz CT molecular complexity index is 637. The van der Waals surface area contributed by atoms with Crippen LogP contribution < -0.4 is 0 Å². The molecule has 8 heteroatoms. The van der Waals surface area contributed by atoms with E-state index >= 15 is 0 Å². The molecule has 6 nitrogen and oxygen atoms in total. The first kappa shape index (κ1) is 15.1. The Morgan fingerprint density at radius 1 is 1.53 bits per heavy atom. The van der Waals surface area contributed by atoms with E-state index in [4.69, 9.17) is 5.26 Å². The number of carbonyl (C=O) groups is 1. The first-order valence-electron chi connectivity index (χ1n) is 5.06. The lowest BCUT2D eigenvalue weighted by Gasteiger charge is -2.16. The van der Waals surface area contributed by atoms with Crippen molar-refractivity contribution in [3.8, 4) is 6.07 Å². The molecule has 1 aromatic carbocycles. The number of hydrogen-bond acceptors (Lipinski definition) is 5.